The van der Waals surface area contributed by atoms with Crippen LogP contribution in [0.3, 0.4) is 0 Å². The number of para-hydroxylation sites is 1. The van der Waals surface area contributed by atoms with Gasteiger partial charge in [0.15, 0.2) is 11.5 Å². The van der Waals surface area contributed by atoms with Gasteiger partial charge in [0.1, 0.15) is 6.04 Å². The Labute approximate surface area is 167 Å². The van der Waals surface area contributed by atoms with Crippen LogP contribution in [0, 0.1) is 0 Å². The molecule has 0 spiro atoms. The summed E-state index contributed by atoms with van der Waals surface area (Å²) in [6, 6.07) is 12.2. The third-order valence-corrected chi connectivity index (χ3v) is 5.27. The van der Waals surface area contributed by atoms with Gasteiger partial charge in [0.2, 0.25) is 18.6 Å². The third-order valence-electron chi connectivity index (χ3n) is 4.95. The SMILES string of the molecule is CN(C(=O)/C=C/c1ccc2c(c1)OCO2)C1CCN(c2ccccc2Cl)C1=O. The molecule has 4 rings (SSSR count). The second-order valence-corrected chi connectivity index (χ2v) is 7.05. The highest BCUT2D eigenvalue weighted by atomic mass is 35.5. The minimum atomic E-state index is -0.509. The molecule has 1 atom stereocenters. The molecule has 0 saturated carbocycles. The van der Waals surface area contributed by atoms with E-state index in [1.165, 1.54) is 11.0 Å². The van der Waals surface area contributed by atoms with E-state index in [1.54, 1.807) is 30.2 Å². The molecule has 144 valence electrons. The van der Waals surface area contributed by atoms with E-state index in [9.17, 15) is 9.59 Å². The van der Waals surface area contributed by atoms with Crippen molar-refractivity contribution in [3.05, 3.63) is 59.1 Å². The maximum Gasteiger partial charge on any atom is 0.249 e. The summed E-state index contributed by atoms with van der Waals surface area (Å²) >= 11 is 6.21. The van der Waals surface area contributed by atoms with Gasteiger partial charge in [-0.25, -0.2) is 0 Å². The van der Waals surface area contributed by atoms with Crippen LogP contribution in [0.2, 0.25) is 5.02 Å². The lowest BCUT2D eigenvalue weighted by molar-refractivity contribution is -0.132. The Kier molecular flexibility index (Phi) is 4.96. The lowest BCUT2D eigenvalue weighted by Gasteiger charge is -2.23. The molecule has 2 aliphatic heterocycles. The first-order valence-corrected chi connectivity index (χ1v) is 9.33. The Morgan fingerprint density at radius 1 is 1.21 bits per heavy atom. The van der Waals surface area contributed by atoms with Gasteiger partial charge < -0.3 is 19.3 Å². The van der Waals surface area contributed by atoms with Crippen molar-refractivity contribution < 1.29 is 19.1 Å². The monoisotopic (exact) mass is 398 g/mol. The fraction of sp³-hybridized carbons (Fsp3) is 0.238. The van der Waals surface area contributed by atoms with Crippen molar-refractivity contribution in [1.82, 2.24) is 4.90 Å². The van der Waals surface area contributed by atoms with E-state index in [0.29, 0.717) is 35.2 Å². The highest BCUT2D eigenvalue weighted by molar-refractivity contribution is 6.34. The molecule has 0 radical (unpaired) electrons. The highest BCUT2D eigenvalue weighted by Gasteiger charge is 2.37. The summed E-state index contributed by atoms with van der Waals surface area (Å²) in [5.41, 5.74) is 1.50. The Morgan fingerprint density at radius 2 is 2.00 bits per heavy atom. The molecular formula is C21H19ClN2O4. The van der Waals surface area contributed by atoms with Crippen molar-refractivity contribution in [2.45, 2.75) is 12.5 Å². The summed E-state index contributed by atoms with van der Waals surface area (Å²) in [7, 11) is 1.64. The number of halogens is 1. The number of nitrogens with zero attached hydrogens (tertiary/aromatic N) is 2. The molecule has 28 heavy (non-hydrogen) atoms. The summed E-state index contributed by atoms with van der Waals surface area (Å²) < 4.78 is 10.6. The number of benzene rings is 2. The van der Waals surface area contributed by atoms with Gasteiger partial charge in [-0.2, -0.15) is 0 Å². The molecule has 2 aromatic carbocycles. The molecule has 0 N–H and O–H groups in total. The van der Waals surface area contributed by atoms with Gasteiger partial charge >= 0.3 is 0 Å². The summed E-state index contributed by atoms with van der Waals surface area (Å²) in [5, 5.41) is 0.521. The van der Waals surface area contributed by atoms with Crippen LogP contribution in [0.25, 0.3) is 6.08 Å². The van der Waals surface area contributed by atoms with Crippen molar-refractivity contribution in [2.75, 3.05) is 25.3 Å². The predicted molar refractivity (Wildman–Crippen MR) is 107 cm³/mol. The van der Waals surface area contributed by atoms with Crippen molar-refractivity contribution in [1.29, 1.82) is 0 Å². The van der Waals surface area contributed by atoms with E-state index in [4.69, 9.17) is 21.1 Å². The summed E-state index contributed by atoms with van der Waals surface area (Å²) in [6.45, 7) is 0.729. The minimum Gasteiger partial charge on any atom is -0.454 e. The molecule has 1 fully saturated rings. The van der Waals surface area contributed by atoms with Crippen LogP contribution < -0.4 is 14.4 Å². The number of hydrogen-bond donors (Lipinski definition) is 0. The molecule has 2 aliphatic rings. The van der Waals surface area contributed by atoms with E-state index < -0.39 is 6.04 Å². The summed E-state index contributed by atoms with van der Waals surface area (Å²) in [6.07, 6.45) is 3.72. The Morgan fingerprint density at radius 3 is 2.82 bits per heavy atom. The number of fused-ring (bicyclic) bond motifs is 1. The number of likely N-dealkylation sites (N-methyl/N-ethyl adjacent to an activating group) is 1. The number of anilines is 1. The molecule has 6 nitrogen and oxygen atoms in total. The smallest absolute Gasteiger partial charge is 0.249 e. The Hall–Kier alpha value is -2.99. The fourth-order valence-corrected chi connectivity index (χ4v) is 3.63. The van der Waals surface area contributed by atoms with Gasteiger partial charge in [-0.05, 0) is 42.3 Å². The molecule has 0 aliphatic carbocycles. The summed E-state index contributed by atoms with van der Waals surface area (Å²) in [5.74, 6) is 0.985. The first kappa shape index (κ1) is 18.4. The van der Waals surface area contributed by atoms with E-state index in [1.807, 2.05) is 30.3 Å². The minimum absolute atomic E-state index is 0.125. The molecule has 2 amide bonds. The average molecular weight is 399 g/mol. The van der Waals surface area contributed by atoms with Gasteiger partial charge in [-0.1, -0.05) is 29.8 Å². The van der Waals surface area contributed by atoms with Gasteiger partial charge in [0.05, 0.1) is 10.7 Å². The van der Waals surface area contributed by atoms with Crippen molar-refractivity contribution in [2.24, 2.45) is 0 Å². The number of rotatable bonds is 4. The number of hydrogen-bond acceptors (Lipinski definition) is 4. The van der Waals surface area contributed by atoms with Crippen LogP contribution in [0.1, 0.15) is 12.0 Å². The van der Waals surface area contributed by atoms with E-state index in [-0.39, 0.29) is 18.6 Å². The molecule has 2 heterocycles. The number of ether oxygens (including phenoxy) is 2. The first-order valence-electron chi connectivity index (χ1n) is 8.95. The molecule has 1 saturated heterocycles. The van der Waals surface area contributed by atoms with Gasteiger partial charge in [0.25, 0.3) is 0 Å². The lowest BCUT2D eigenvalue weighted by atomic mass is 10.1. The molecule has 1 unspecified atom stereocenters. The van der Waals surface area contributed by atoms with E-state index in [0.717, 1.165) is 5.56 Å². The van der Waals surface area contributed by atoms with Gasteiger partial charge in [0, 0.05) is 19.7 Å². The van der Waals surface area contributed by atoms with Crippen LogP contribution in [0.4, 0.5) is 5.69 Å². The standard InChI is InChI=1S/C21H19ClN2O4/c1-23(17-10-11-24(21(17)26)16-5-3-2-4-15(16)22)20(25)9-7-14-6-8-18-19(12-14)28-13-27-18/h2-9,12,17H,10-11,13H2,1H3/b9-7+. The first-order chi connectivity index (χ1) is 13.5. The fourth-order valence-electron chi connectivity index (χ4n) is 3.39. The second kappa shape index (κ2) is 7.56. The maximum atomic E-state index is 12.8. The van der Waals surface area contributed by atoms with Crippen LogP contribution in [0.15, 0.2) is 48.5 Å². The quantitative estimate of drug-likeness (QED) is 0.741. The maximum absolute atomic E-state index is 12.8. The second-order valence-electron chi connectivity index (χ2n) is 6.64. The normalized spacial score (nSPS) is 18.1. The third kappa shape index (κ3) is 3.43. The topological polar surface area (TPSA) is 59.1 Å². The number of amides is 2. The van der Waals surface area contributed by atoms with Gasteiger partial charge in [-0.15, -0.1) is 0 Å². The summed E-state index contributed by atoms with van der Waals surface area (Å²) in [4.78, 5) is 28.5. The van der Waals surface area contributed by atoms with E-state index in [2.05, 4.69) is 0 Å². The van der Waals surface area contributed by atoms with Crippen LogP contribution in [-0.4, -0.2) is 43.1 Å². The molecule has 0 aromatic heterocycles. The molecular weight excluding hydrogens is 380 g/mol. The number of carbonyl (C=O) groups excluding carboxylic acids is 2. The van der Waals surface area contributed by atoms with Gasteiger partial charge in [-0.3, -0.25) is 9.59 Å². The van der Waals surface area contributed by atoms with E-state index >= 15 is 0 Å². The highest BCUT2D eigenvalue weighted by Crippen LogP contribution is 2.33. The molecule has 7 heteroatoms. The van der Waals surface area contributed by atoms with Crippen molar-refractivity contribution in [3.8, 4) is 11.5 Å². The predicted octanol–water partition coefficient (Wildman–Crippen LogP) is 3.35. The lowest BCUT2D eigenvalue weighted by Crippen LogP contribution is -2.42. The average Bonchev–Trinajstić information content (AvgIpc) is 3.32. The van der Waals surface area contributed by atoms with Crippen molar-refractivity contribution in [3.63, 3.8) is 0 Å². The zero-order valence-electron chi connectivity index (χ0n) is 15.3. The molecule has 2 aromatic rings. The zero-order valence-corrected chi connectivity index (χ0v) is 16.1. The Balaban J connectivity index is 1.44. The van der Waals surface area contributed by atoms with Crippen molar-refractivity contribution >= 4 is 35.2 Å². The van der Waals surface area contributed by atoms with Crippen LogP contribution in [-0.2, 0) is 9.59 Å². The Bertz CT molecular complexity index is 959. The zero-order chi connectivity index (χ0) is 19.7. The number of carbonyl (C=O) groups is 2. The van der Waals surface area contributed by atoms with Crippen LogP contribution in [0.5, 0.6) is 11.5 Å². The van der Waals surface area contributed by atoms with Crippen LogP contribution >= 0.6 is 11.6 Å². The molecule has 0 bridgehead atoms. The largest absolute Gasteiger partial charge is 0.454 e.